The van der Waals surface area contributed by atoms with E-state index in [-0.39, 0.29) is 24.4 Å². The van der Waals surface area contributed by atoms with Gasteiger partial charge in [-0.05, 0) is 43.1 Å². The Morgan fingerprint density at radius 2 is 1.83 bits per heavy atom. The van der Waals surface area contributed by atoms with E-state index in [0.717, 1.165) is 38.8 Å². The smallest absolute Gasteiger partial charge is 0.309 e. The molecule has 1 aromatic carbocycles. The van der Waals surface area contributed by atoms with Crippen LogP contribution in [0.1, 0.15) is 31.7 Å². The summed E-state index contributed by atoms with van der Waals surface area (Å²) in [6.07, 6.45) is 4.03. The molecule has 0 unspecified atom stereocenters. The number of hydrogen-bond acceptors (Lipinski definition) is 3. The van der Waals surface area contributed by atoms with Crippen LogP contribution in [0.25, 0.3) is 0 Å². The lowest BCUT2D eigenvalue weighted by molar-refractivity contribution is -0.153. The van der Waals surface area contributed by atoms with Gasteiger partial charge in [-0.2, -0.15) is 0 Å². The topological polar surface area (TPSA) is 46.6 Å². The highest BCUT2D eigenvalue weighted by atomic mass is 16.5. The highest BCUT2D eigenvalue weighted by molar-refractivity contribution is 5.82. The van der Waals surface area contributed by atoms with Crippen molar-refractivity contribution in [3.05, 3.63) is 35.9 Å². The van der Waals surface area contributed by atoms with Gasteiger partial charge in [0, 0.05) is 13.1 Å². The first kappa shape index (κ1) is 16.0. The van der Waals surface area contributed by atoms with Crippen LogP contribution in [-0.2, 0) is 20.7 Å². The first-order valence-electron chi connectivity index (χ1n) is 8.62. The van der Waals surface area contributed by atoms with Crippen LogP contribution in [0.15, 0.2) is 30.3 Å². The number of carbonyl (C=O) groups is 2. The number of esters is 1. The Bertz CT molecular complexity index is 549. The van der Waals surface area contributed by atoms with Crippen molar-refractivity contribution < 1.29 is 14.3 Å². The highest BCUT2D eigenvalue weighted by Gasteiger charge is 2.40. The summed E-state index contributed by atoms with van der Waals surface area (Å²) in [4.78, 5) is 25.6. The Morgan fingerprint density at radius 1 is 1.17 bits per heavy atom. The summed E-state index contributed by atoms with van der Waals surface area (Å²) < 4.78 is 5.14. The van der Waals surface area contributed by atoms with Gasteiger partial charge >= 0.3 is 5.97 Å². The molecule has 23 heavy (non-hydrogen) atoms. The third-order valence-electron chi connectivity index (χ3n) is 5.08. The average molecular weight is 315 g/mol. The minimum absolute atomic E-state index is 0.0272. The predicted octanol–water partition coefficient (Wildman–Crippen LogP) is 2.67. The number of likely N-dealkylation sites (tertiary alicyclic amines) is 1. The highest BCUT2D eigenvalue weighted by Crippen LogP contribution is 2.38. The van der Waals surface area contributed by atoms with E-state index in [4.69, 9.17) is 4.74 Å². The summed E-state index contributed by atoms with van der Waals surface area (Å²) in [7, 11) is 0. The molecule has 4 nitrogen and oxygen atoms in total. The van der Waals surface area contributed by atoms with E-state index < -0.39 is 0 Å². The maximum atomic E-state index is 12.1. The van der Waals surface area contributed by atoms with Crippen LogP contribution in [0.5, 0.6) is 0 Å². The Balaban J connectivity index is 1.38. The molecular weight excluding hydrogens is 290 g/mol. The summed E-state index contributed by atoms with van der Waals surface area (Å²) in [5.41, 5.74) is 1.37. The lowest BCUT2D eigenvalue weighted by atomic mass is 9.90. The molecule has 0 spiro atoms. The molecule has 2 atom stereocenters. The molecule has 4 heteroatoms. The van der Waals surface area contributed by atoms with Gasteiger partial charge in [0.05, 0.1) is 5.92 Å². The van der Waals surface area contributed by atoms with Crippen LogP contribution in [0.2, 0.25) is 0 Å². The van der Waals surface area contributed by atoms with Crippen LogP contribution >= 0.6 is 0 Å². The van der Waals surface area contributed by atoms with Gasteiger partial charge in [-0.1, -0.05) is 37.3 Å². The first-order chi connectivity index (χ1) is 11.1. The van der Waals surface area contributed by atoms with E-state index in [1.165, 1.54) is 5.56 Å². The van der Waals surface area contributed by atoms with E-state index in [9.17, 15) is 9.59 Å². The molecule has 1 saturated carbocycles. The van der Waals surface area contributed by atoms with Gasteiger partial charge in [-0.25, -0.2) is 0 Å². The molecule has 2 fully saturated rings. The zero-order chi connectivity index (χ0) is 16.2. The third kappa shape index (κ3) is 4.34. The number of benzene rings is 1. The number of hydrogen-bond donors (Lipinski definition) is 0. The van der Waals surface area contributed by atoms with Gasteiger partial charge in [0.1, 0.15) is 0 Å². The van der Waals surface area contributed by atoms with E-state index in [1.807, 2.05) is 17.9 Å². The molecule has 1 aliphatic carbocycles. The molecule has 1 aromatic rings. The number of nitrogens with zero attached hydrogens (tertiary/aromatic N) is 1. The van der Waals surface area contributed by atoms with Gasteiger partial charge in [0.15, 0.2) is 6.61 Å². The molecule has 1 aliphatic heterocycles. The number of rotatable bonds is 5. The Morgan fingerprint density at radius 3 is 2.43 bits per heavy atom. The largest absolute Gasteiger partial charge is 0.455 e. The van der Waals surface area contributed by atoms with Crippen LogP contribution in [-0.4, -0.2) is 36.5 Å². The van der Waals surface area contributed by atoms with Crippen molar-refractivity contribution in [2.24, 2.45) is 17.8 Å². The zero-order valence-corrected chi connectivity index (χ0v) is 13.7. The molecule has 0 bridgehead atoms. The molecule has 1 amide bonds. The molecule has 2 aliphatic rings. The van der Waals surface area contributed by atoms with E-state index in [1.54, 1.807) is 0 Å². The maximum Gasteiger partial charge on any atom is 0.309 e. The number of carbonyl (C=O) groups excluding carboxylic acids is 2. The number of piperidine rings is 1. The fourth-order valence-corrected chi connectivity index (χ4v) is 3.32. The minimum Gasteiger partial charge on any atom is -0.455 e. The number of ether oxygens (including phenoxy) is 1. The second-order valence-corrected chi connectivity index (χ2v) is 6.94. The van der Waals surface area contributed by atoms with Crippen LogP contribution in [0.3, 0.4) is 0 Å². The van der Waals surface area contributed by atoms with Crippen molar-refractivity contribution in [3.8, 4) is 0 Å². The summed E-state index contributed by atoms with van der Waals surface area (Å²) >= 11 is 0. The Hall–Kier alpha value is -1.84. The predicted molar refractivity (Wildman–Crippen MR) is 87.7 cm³/mol. The zero-order valence-electron chi connectivity index (χ0n) is 13.7. The van der Waals surface area contributed by atoms with Crippen LogP contribution < -0.4 is 0 Å². The lowest BCUT2D eigenvalue weighted by Crippen LogP contribution is -2.41. The van der Waals surface area contributed by atoms with Crippen LogP contribution in [0, 0.1) is 17.8 Å². The van der Waals surface area contributed by atoms with Crippen molar-refractivity contribution in [1.29, 1.82) is 0 Å². The maximum absolute atomic E-state index is 12.1. The third-order valence-corrected chi connectivity index (χ3v) is 5.08. The standard InChI is InChI=1S/C19H25NO3/c1-14-11-17(14)19(22)23-13-18(21)20-9-7-16(8-10-20)12-15-5-3-2-4-6-15/h2-6,14,16-17H,7-13H2,1H3/t14-,17-/m0/s1. The summed E-state index contributed by atoms with van der Waals surface area (Å²) in [5.74, 6) is 0.830. The van der Waals surface area contributed by atoms with Gasteiger partial charge in [-0.3, -0.25) is 9.59 Å². The molecule has 1 heterocycles. The summed E-state index contributed by atoms with van der Waals surface area (Å²) in [6.45, 7) is 3.48. The van der Waals surface area contributed by atoms with Crippen molar-refractivity contribution in [1.82, 2.24) is 4.90 Å². The molecule has 1 saturated heterocycles. The molecule has 0 radical (unpaired) electrons. The second kappa shape index (κ2) is 7.16. The van der Waals surface area contributed by atoms with E-state index >= 15 is 0 Å². The molecule has 3 rings (SSSR count). The normalized spacial score (nSPS) is 24.3. The SMILES string of the molecule is C[C@H]1C[C@@H]1C(=O)OCC(=O)N1CCC(Cc2ccccc2)CC1. The Kier molecular flexibility index (Phi) is 4.99. The Labute approximate surface area is 137 Å². The monoisotopic (exact) mass is 315 g/mol. The minimum atomic E-state index is -0.204. The van der Waals surface area contributed by atoms with Gasteiger partial charge in [0.2, 0.25) is 0 Å². The fraction of sp³-hybridized carbons (Fsp3) is 0.579. The summed E-state index contributed by atoms with van der Waals surface area (Å²) in [6, 6.07) is 10.5. The molecular formula is C19H25NO3. The first-order valence-corrected chi connectivity index (χ1v) is 8.62. The molecule has 0 aromatic heterocycles. The lowest BCUT2D eigenvalue weighted by Gasteiger charge is -2.32. The molecule has 0 N–H and O–H groups in total. The second-order valence-electron chi connectivity index (χ2n) is 6.94. The fourth-order valence-electron chi connectivity index (χ4n) is 3.32. The van der Waals surface area contributed by atoms with Crippen LogP contribution in [0.4, 0.5) is 0 Å². The van der Waals surface area contributed by atoms with Gasteiger partial charge in [0.25, 0.3) is 5.91 Å². The van der Waals surface area contributed by atoms with Gasteiger partial charge < -0.3 is 9.64 Å². The van der Waals surface area contributed by atoms with Gasteiger partial charge in [-0.15, -0.1) is 0 Å². The quantitative estimate of drug-likeness (QED) is 0.785. The molecule has 124 valence electrons. The van der Waals surface area contributed by atoms with E-state index in [0.29, 0.717) is 11.8 Å². The van der Waals surface area contributed by atoms with Crippen molar-refractivity contribution in [2.45, 2.75) is 32.6 Å². The van der Waals surface area contributed by atoms with E-state index in [2.05, 4.69) is 24.3 Å². The average Bonchev–Trinajstić information content (AvgIpc) is 3.31. The van der Waals surface area contributed by atoms with Crippen molar-refractivity contribution in [3.63, 3.8) is 0 Å². The summed E-state index contributed by atoms with van der Waals surface area (Å²) in [5, 5.41) is 0. The van der Waals surface area contributed by atoms with Crippen molar-refractivity contribution in [2.75, 3.05) is 19.7 Å². The number of amides is 1. The van der Waals surface area contributed by atoms with Crippen molar-refractivity contribution >= 4 is 11.9 Å².